The highest BCUT2D eigenvalue weighted by molar-refractivity contribution is 6.31. The number of para-hydroxylation sites is 1. The molecule has 2 heterocycles. The molecule has 0 atom stereocenters. The van der Waals surface area contributed by atoms with Gasteiger partial charge in [-0.3, -0.25) is 14.5 Å². The molecular weight excluding hydrogens is 536 g/mol. The second kappa shape index (κ2) is 11.9. The molecule has 0 radical (unpaired) electrons. The van der Waals surface area contributed by atoms with E-state index >= 15 is 0 Å². The fourth-order valence-corrected chi connectivity index (χ4v) is 4.71. The van der Waals surface area contributed by atoms with Gasteiger partial charge in [-0.2, -0.15) is 10.4 Å². The van der Waals surface area contributed by atoms with Crippen LogP contribution in [0, 0.1) is 11.3 Å². The van der Waals surface area contributed by atoms with E-state index in [1.54, 1.807) is 17.7 Å². The van der Waals surface area contributed by atoms with Crippen molar-refractivity contribution >= 4 is 29.5 Å². The highest BCUT2D eigenvalue weighted by Crippen LogP contribution is 2.32. The highest BCUT2D eigenvalue weighted by atomic mass is 35.5. The minimum absolute atomic E-state index is 0.00554. The molecule has 0 unspecified atom stereocenters. The number of benzene rings is 3. The number of rotatable bonds is 8. The zero-order chi connectivity index (χ0) is 28.9. The monoisotopic (exact) mass is 560 g/mol. The summed E-state index contributed by atoms with van der Waals surface area (Å²) >= 11 is 6.29. The van der Waals surface area contributed by atoms with E-state index in [-0.39, 0.29) is 17.7 Å². The van der Waals surface area contributed by atoms with Gasteiger partial charge in [-0.15, -0.1) is 6.58 Å². The Bertz CT molecular complexity index is 1760. The predicted molar refractivity (Wildman–Crippen MR) is 158 cm³/mol. The second-order valence-corrected chi connectivity index (χ2v) is 9.71. The van der Waals surface area contributed by atoms with Gasteiger partial charge in [0.05, 0.1) is 5.69 Å². The minimum atomic E-state index is -0.629. The molecule has 1 aliphatic heterocycles. The van der Waals surface area contributed by atoms with Crippen LogP contribution in [0.1, 0.15) is 18.1 Å². The van der Waals surface area contributed by atoms with Gasteiger partial charge in [0.25, 0.3) is 11.8 Å². The van der Waals surface area contributed by atoms with Crippen LogP contribution >= 0.6 is 11.6 Å². The SMILES string of the molecule is C=CCN1C(=O)C(C#N)=C(C)/C(=C\c2cn(-c3ccccc3)nc2-c2cccc(OCc3ccccc3Cl)c2)C1=O. The number of hydrogen-bond acceptors (Lipinski definition) is 5. The topological polar surface area (TPSA) is 88.2 Å². The first-order valence-corrected chi connectivity index (χ1v) is 13.2. The average Bonchev–Trinajstić information content (AvgIpc) is 3.42. The zero-order valence-electron chi connectivity index (χ0n) is 22.3. The van der Waals surface area contributed by atoms with Gasteiger partial charge in [0.2, 0.25) is 0 Å². The van der Waals surface area contributed by atoms with Gasteiger partial charge >= 0.3 is 0 Å². The molecule has 0 spiro atoms. The van der Waals surface area contributed by atoms with Crippen LogP contribution in [0.4, 0.5) is 0 Å². The van der Waals surface area contributed by atoms with Gasteiger partial charge in [0, 0.05) is 40.0 Å². The van der Waals surface area contributed by atoms with Crippen LogP contribution in [0.5, 0.6) is 5.75 Å². The fraction of sp³-hybridized carbons (Fsp3) is 0.0909. The Balaban J connectivity index is 1.60. The Labute approximate surface area is 242 Å². The number of ether oxygens (including phenoxy) is 1. The number of nitriles is 1. The summed E-state index contributed by atoms with van der Waals surface area (Å²) in [6.07, 6.45) is 4.95. The van der Waals surface area contributed by atoms with E-state index in [0.717, 1.165) is 21.7 Å². The number of amides is 2. The van der Waals surface area contributed by atoms with Crippen molar-refractivity contribution < 1.29 is 14.3 Å². The molecule has 2 amide bonds. The Morgan fingerprint density at radius 3 is 2.51 bits per heavy atom. The Morgan fingerprint density at radius 2 is 1.78 bits per heavy atom. The van der Waals surface area contributed by atoms with Crippen LogP contribution in [0.2, 0.25) is 5.02 Å². The molecular formula is C33H25ClN4O3. The maximum Gasteiger partial charge on any atom is 0.271 e. The maximum absolute atomic E-state index is 13.4. The number of carbonyl (C=O) groups excluding carboxylic acids is 2. The third kappa shape index (κ3) is 5.60. The smallest absolute Gasteiger partial charge is 0.271 e. The molecule has 8 heteroatoms. The number of aromatic nitrogens is 2. The lowest BCUT2D eigenvalue weighted by atomic mass is 9.93. The number of imide groups is 1. The van der Waals surface area contributed by atoms with E-state index in [4.69, 9.17) is 21.4 Å². The lowest BCUT2D eigenvalue weighted by Gasteiger charge is -2.26. The first-order chi connectivity index (χ1) is 19.9. The van der Waals surface area contributed by atoms with Gasteiger partial charge in [0.15, 0.2) is 0 Å². The largest absolute Gasteiger partial charge is 0.489 e. The quantitative estimate of drug-likeness (QED) is 0.138. The van der Waals surface area contributed by atoms with Gasteiger partial charge in [-0.25, -0.2) is 4.68 Å². The summed E-state index contributed by atoms with van der Waals surface area (Å²) in [5, 5.41) is 15.2. The zero-order valence-corrected chi connectivity index (χ0v) is 23.0. The molecule has 4 aromatic rings. The van der Waals surface area contributed by atoms with Crippen LogP contribution in [0.15, 0.2) is 114 Å². The molecule has 202 valence electrons. The third-order valence-electron chi connectivity index (χ3n) is 6.66. The van der Waals surface area contributed by atoms with Crippen molar-refractivity contribution in [3.63, 3.8) is 0 Å². The summed E-state index contributed by atoms with van der Waals surface area (Å²) in [6, 6.07) is 26.5. The van der Waals surface area contributed by atoms with Gasteiger partial charge < -0.3 is 4.74 Å². The van der Waals surface area contributed by atoms with E-state index in [1.165, 1.54) is 6.08 Å². The molecule has 5 rings (SSSR count). The van der Waals surface area contributed by atoms with Gasteiger partial charge in [0.1, 0.15) is 29.7 Å². The van der Waals surface area contributed by atoms with Gasteiger partial charge in [-0.05, 0) is 48.9 Å². The number of nitrogens with zero attached hydrogens (tertiary/aromatic N) is 4. The molecule has 0 aliphatic carbocycles. The average molecular weight is 561 g/mol. The Kier molecular flexibility index (Phi) is 7.95. The van der Waals surface area contributed by atoms with Crippen molar-refractivity contribution in [2.45, 2.75) is 13.5 Å². The molecule has 3 aromatic carbocycles. The highest BCUT2D eigenvalue weighted by Gasteiger charge is 2.35. The van der Waals surface area contributed by atoms with Crippen molar-refractivity contribution in [3.8, 4) is 28.8 Å². The number of halogens is 1. The second-order valence-electron chi connectivity index (χ2n) is 9.30. The Morgan fingerprint density at radius 1 is 1.02 bits per heavy atom. The molecule has 7 nitrogen and oxygen atoms in total. The lowest BCUT2D eigenvalue weighted by molar-refractivity contribution is -0.139. The van der Waals surface area contributed by atoms with Crippen molar-refractivity contribution in [3.05, 3.63) is 131 Å². The molecule has 1 aliphatic rings. The standard InChI is InChI=1S/C33H25ClN4O3/c1-3-16-37-32(39)28(22(2)29(19-35)33(37)40)18-25-20-38(26-12-5-4-6-13-26)36-31(25)23-11-9-14-27(17-23)41-21-24-10-7-8-15-30(24)34/h3-15,17-18,20H,1,16,21H2,2H3/b28-18+. The van der Waals surface area contributed by atoms with Crippen LogP contribution < -0.4 is 4.74 Å². The summed E-state index contributed by atoms with van der Waals surface area (Å²) in [5.74, 6) is -0.508. The van der Waals surface area contributed by atoms with Crippen molar-refractivity contribution in [2.24, 2.45) is 0 Å². The van der Waals surface area contributed by atoms with E-state index in [9.17, 15) is 14.9 Å². The molecule has 0 bridgehead atoms. The molecule has 0 fully saturated rings. The number of hydrogen-bond donors (Lipinski definition) is 0. The summed E-state index contributed by atoms with van der Waals surface area (Å²) in [6.45, 7) is 5.54. The summed E-state index contributed by atoms with van der Waals surface area (Å²) in [4.78, 5) is 27.2. The van der Waals surface area contributed by atoms with E-state index in [2.05, 4.69) is 6.58 Å². The van der Waals surface area contributed by atoms with Crippen LogP contribution in [-0.2, 0) is 16.2 Å². The van der Waals surface area contributed by atoms with E-state index in [0.29, 0.717) is 34.2 Å². The Hall–Kier alpha value is -5.19. The summed E-state index contributed by atoms with van der Waals surface area (Å²) in [5.41, 5.74) is 4.15. The van der Waals surface area contributed by atoms with E-state index in [1.807, 2.05) is 91.1 Å². The number of carbonyl (C=O) groups is 2. The van der Waals surface area contributed by atoms with E-state index < -0.39 is 11.8 Å². The first-order valence-electron chi connectivity index (χ1n) is 12.8. The molecule has 0 saturated carbocycles. The first kappa shape index (κ1) is 27.4. The van der Waals surface area contributed by atoms with Crippen molar-refractivity contribution in [2.75, 3.05) is 6.54 Å². The molecule has 1 aromatic heterocycles. The normalized spacial score (nSPS) is 14.4. The molecule has 41 heavy (non-hydrogen) atoms. The van der Waals surface area contributed by atoms with Crippen LogP contribution in [-0.4, -0.2) is 33.0 Å². The predicted octanol–water partition coefficient (Wildman–Crippen LogP) is 6.55. The fourth-order valence-electron chi connectivity index (χ4n) is 4.52. The summed E-state index contributed by atoms with van der Waals surface area (Å²) in [7, 11) is 0. The van der Waals surface area contributed by atoms with Crippen LogP contribution in [0.3, 0.4) is 0 Å². The third-order valence-corrected chi connectivity index (χ3v) is 7.03. The van der Waals surface area contributed by atoms with Crippen molar-refractivity contribution in [1.29, 1.82) is 5.26 Å². The lowest BCUT2D eigenvalue weighted by Crippen LogP contribution is -2.42. The van der Waals surface area contributed by atoms with Crippen molar-refractivity contribution in [1.82, 2.24) is 14.7 Å². The minimum Gasteiger partial charge on any atom is -0.489 e. The van der Waals surface area contributed by atoms with Crippen LogP contribution in [0.25, 0.3) is 23.0 Å². The maximum atomic E-state index is 13.4. The summed E-state index contributed by atoms with van der Waals surface area (Å²) < 4.78 is 7.77. The van der Waals surface area contributed by atoms with Gasteiger partial charge in [-0.1, -0.05) is 66.2 Å². The molecule has 0 saturated heterocycles. The molecule has 0 N–H and O–H groups in total.